The van der Waals surface area contributed by atoms with Crippen LogP contribution in [0, 0.1) is 0 Å². The van der Waals surface area contributed by atoms with Gasteiger partial charge in [0.1, 0.15) is 11.9 Å². The molecule has 3 rings (SSSR count). The van der Waals surface area contributed by atoms with E-state index in [1.807, 2.05) is 29.2 Å². The van der Waals surface area contributed by atoms with Gasteiger partial charge in [-0.2, -0.15) is 0 Å². The molecule has 2 aliphatic heterocycles. The van der Waals surface area contributed by atoms with E-state index in [0.717, 1.165) is 31.7 Å². The second-order valence-electron chi connectivity index (χ2n) is 7.77. The summed E-state index contributed by atoms with van der Waals surface area (Å²) in [6.45, 7) is 10.6. The molecule has 2 heterocycles. The zero-order valence-electron chi connectivity index (χ0n) is 16.7. The quantitative estimate of drug-likeness (QED) is 0.812. The van der Waals surface area contributed by atoms with Crippen molar-refractivity contribution in [3.63, 3.8) is 0 Å². The average molecular weight is 373 g/mol. The SMILES string of the molecule is CC(=O)N1CCN(C(=O)c2ccc(OC3CCN(C(C)C)CC3)cc2)CC1. The highest BCUT2D eigenvalue weighted by atomic mass is 16.5. The maximum atomic E-state index is 12.7. The molecule has 0 N–H and O–H groups in total. The topological polar surface area (TPSA) is 53.1 Å². The summed E-state index contributed by atoms with van der Waals surface area (Å²) in [5.74, 6) is 0.925. The molecule has 0 aliphatic carbocycles. The van der Waals surface area contributed by atoms with Crippen LogP contribution in [-0.2, 0) is 4.79 Å². The van der Waals surface area contributed by atoms with Gasteiger partial charge in [0.15, 0.2) is 0 Å². The van der Waals surface area contributed by atoms with Gasteiger partial charge in [0, 0.05) is 57.8 Å². The first-order valence-electron chi connectivity index (χ1n) is 9.99. The number of likely N-dealkylation sites (tertiary alicyclic amines) is 1. The van der Waals surface area contributed by atoms with Crippen molar-refractivity contribution in [1.29, 1.82) is 0 Å². The van der Waals surface area contributed by atoms with Crippen molar-refractivity contribution in [2.45, 2.75) is 45.8 Å². The number of rotatable bonds is 4. The van der Waals surface area contributed by atoms with Crippen LogP contribution in [0.15, 0.2) is 24.3 Å². The fourth-order valence-electron chi connectivity index (χ4n) is 3.79. The lowest BCUT2D eigenvalue weighted by atomic mass is 10.1. The maximum Gasteiger partial charge on any atom is 0.253 e. The Hall–Kier alpha value is -2.08. The van der Waals surface area contributed by atoms with Crippen molar-refractivity contribution in [3.05, 3.63) is 29.8 Å². The lowest BCUT2D eigenvalue weighted by molar-refractivity contribution is -0.130. The minimum Gasteiger partial charge on any atom is -0.490 e. The zero-order chi connectivity index (χ0) is 19.4. The van der Waals surface area contributed by atoms with Crippen molar-refractivity contribution in [1.82, 2.24) is 14.7 Å². The molecule has 6 heteroatoms. The minimum atomic E-state index is 0.0231. The van der Waals surface area contributed by atoms with Crippen LogP contribution >= 0.6 is 0 Å². The average Bonchev–Trinajstić information content (AvgIpc) is 2.68. The Morgan fingerprint density at radius 2 is 1.48 bits per heavy atom. The fourth-order valence-corrected chi connectivity index (χ4v) is 3.79. The van der Waals surface area contributed by atoms with E-state index in [1.165, 1.54) is 0 Å². The molecular formula is C21H31N3O3. The predicted octanol–water partition coefficient (Wildman–Crippen LogP) is 2.24. The van der Waals surface area contributed by atoms with E-state index < -0.39 is 0 Å². The Morgan fingerprint density at radius 3 is 2.00 bits per heavy atom. The molecule has 6 nitrogen and oxygen atoms in total. The summed E-state index contributed by atoms with van der Waals surface area (Å²) in [6, 6.07) is 8.08. The van der Waals surface area contributed by atoms with Crippen molar-refractivity contribution in [2.75, 3.05) is 39.3 Å². The van der Waals surface area contributed by atoms with Crippen LogP contribution in [0.25, 0.3) is 0 Å². The number of piperidine rings is 1. The molecule has 2 saturated heterocycles. The number of hydrogen-bond donors (Lipinski definition) is 0. The van der Waals surface area contributed by atoms with Crippen LogP contribution in [-0.4, -0.2) is 77.9 Å². The van der Waals surface area contributed by atoms with E-state index in [2.05, 4.69) is 18.7 Å². The first kappa shape index (κ1) is 19.7. The van der Waals surface area contributed by atoms with E-state index >= 15 is 0 Å². The third kappa shape index (κ3) is 5.01. The molecule has 148 valence electrons. The minimum absolute atomic E-state index is 0.0231. The van der Waals surface area contributed by atoms with Gasteiger partial charge in [0.05, 0.1) is 0 Å². The summed E-state index contributed by atoms with van der Waals surface area (Å²) in [4.78, 5) is 30.1. The maximum absolute atomic E-state index is 12.7. The second-order valence-corrected chi connectivity index (χ2v) is 7.77. The molecule has 0 spiro atoms. The molecule has 0 atom stereocenters. The molecule has 2 aliphatic rings. The largest absolute Gasteiger partial charge is 0.490 e. The molecule has 0 aromatic heterocycles. The summed E-state index contributed by atoms with van der Waals surface area (Å²) < 4.78 is 6.11. The fraction of sp³-hybridized carbons (Fsp3) is 0.619. The third-order valence-corrected chi connectivity index (χ3v) is 5.62. The molecule has 0 saturated carbocycles. The van der Waals surface area contributed by atoms with Crippen LogP contribution in [0.5, 0.6) is 5.75 Å². The van der Waals surface area contributed by atoms with E-state index in [-0.39, 0.29) is 17.9 Å². The van der Waals surface area contributed by atoms with Gasteiger partial charge in [-0.15, -0.1) is 0 Å². The first-order valence-corrected chi connectivity index (χ1v) is 9.99. The molecule has 2 amide bonds. The van der Waals surface area contributed by atoms with Crippen LogP contribution in [0.4, 0.5) is 0 Å². The lowest BCUT2D eigenvalue weighted by Crippen LogP contribution is -2.50. The van der Waals surface area contributed by atoms with Gasteiger partial charge in [0.25, 0.3) is 5.91 Å². The summed E-state index contributed by atoms with van der Waals surface area (Å²) in [5.41, 5.74) is 0.674. The lowest BCUT2D eigenvalue weighted by Gasteiger charge is -2.35. The van der Waals surface area contributed by atoms with Crippen LogP contribution < -0.4 is 4.74 Å². The Kier molecular flexibility index (Phi) is 6.37. The van der Waals surface area contributed by atoms with Crippen molar-refractivity contribution < 1.29 is 14.3 Å². The Bertz CT molecular complexity index is 643. The summed E-state index contributed by atoms with van der Waals surface area (Å²) >= 11 is 0. The highest BCUT2D eigenvalue weighted by molar-refractivity contribution is 5.94. The number of amides is 2. The Morgan fingerprint density at radius 1 is 0.926 bits per heavy atom. The van der Waals surface area contributed by atoms with E-state index in [1.54, 1.807) is 11.8 Å². The van der Waals surface area contributed by atoms with Gasteiger partial charge < -0.3 is 19.4 Å². The van der Waals surface area contributed by atoms with E-state index in [9.17, 15) is 9.59 Å². The highest BCUT2D eigenvalue weighted by Crippen LogP contribution is 2.21. The standard InChI is InChI=1S/C21H31N3O3/c1-16(2)22-10-8-20(9-11-22)27-19-6-4-18(5-7-19)21(26)24-14-12-23(13-15-24)17(3)25/h4-7,16,20H,8-15H2,1-3H3. The number of nitrogens with zero attached hydrogens (tertiary/aromatic N) is 3. The third-order valence-electron chi connectivity index (χ3n) is 5.62. The molecule has 0 unspecified atom stereocenters. The highest BCUT2D eigenvalue weighted by Gasteiger charge is 2.24. The number of piperazine rings is 1. The number of benzene rings is 1. The first-order chi connectivity index (χ1) is 12.9. The predicted molar refractivity (Wildman–Crippen MR) is 105 cm³/mol. The molecule has 0 radical (unpaired) electrons. The van der Waals surface area contributed by atoms with Gasteiger partial charge in [-0.05, 0) is 51.0 Å². The molecular weight excluding hydrogens is 342 g/mol. The number of ether oxygens (including phenoxy) is 1. The smallest absolute Gasteiger partial charge is 0.253 e. The van der Waals surface area contributed by atoms with E-state index in [4.69, 9.17) is 4.74 Å². The van der Waals surface area contributed by atoms with Crippen LogP contribution in [0.1, 0.15) is 44.0 Å². The van der Waals surface area contributed by atoms with Gasteiger partial charge in [-0.25, -0.2) is 0 Å². The Labute approximate surface area is 162 Å². The van der Waals surface area contributed by atoms with Crippen molar-refractivity contribution >= 4 is 11.8 Å². The Balaban J connectivity index is 1.50. The second kappa shape index (κ2) is 8.74. The summed E-state index contributed by atoms with van der Waals surface area (Å²) in [5, 5.41) is 0. The number of carbonyl (C=O) groups is 2. The van der Waals surface area contributed by atoms with Crippen molar-refractivity contribution in [3.8, 4) is 5.75 Å². The van der Waals surface area contributed by atoms with Gasteiger partial charge >= 0.3 is 0 Å². The monoisotopic (exact) mass is 373 g/mol. The molecule has 1 aromatic rings. The number of hydrogen-bond acceptors (Lipinski definition) is 4. The molecule has 1 aromatic carbocycles. The van der Waals surface area contributed by atoms with Crippen LogP contribution in [0.3, 0.4) is 0 Å². The van der Waals surface area contributed by atoms with Crippen molar-refractivity contribution in [2.24, 2.45) is 0 Å². The van der Waals surface area contributed by atoms with Gasteiger partial charge in [-0.1, -0.05) is 0 Å². The van der Waals surface area contributed by atoms with Gasteiger partial charge in [-0.3, -0.25) is 9.59 Å². The molecule has 0 bridgehead atoms. The number of carbonyl (C=O) groups excluding carboxylic acids is 2. The normalized spacial score (nSPS) is 19.4. The van der Waals surface area contributed by atoms with E-state index in [0.29, 0.717) is 37.8 Å². The zero-order valence-corrected chi connectivity index (χ0v) is 16.7. The molecule has 27 heavy (non-hydrogen) atoms. The van der Waals surface area contributed by atoms with Crippen LogP contribution in [0.2, 0.25) is 0 Å². The summed E-state index contributed by atoms with van der Waals surface area (Å²) in [7, 11) is 0. The summed E-state index contributed by atoms with van der Waals surface area (Å²) in [6.07, 6.45) is 2.33. The van der Waals surface area contributed by atoms with Gasteiger partial charge in [0.2, 0.25) is 5.91 Å². The molecule has 2 fully saturated rings.